The molecule has 0 fully saturated rings. The van der Waals surface area contributed by atoms with Crippen LogP contribution in [0.1, 0.15) is 49.8 Å². The van der Waals surface area contributed by atoms with Crippen molar-refractivity contribution in [2.45, 2.75) is 46.1 Å². The van der Waals surface area contributed by atoms with Crippen molar-refractivity contribution < 1.29 is 14.6 Å². The molecular weight excluding hydrogens is 336 g/mol. The summed E-state index contributed by atoms with van der Waals surface area (Å²) in [5, 5.41) is 11.9. The van der Waals surface area contributed by atoms with E-state index in [-0.39, 0.29) is 25.6 Å². The van der Waals surface area contributed by atoms with Gasteiger partial charge in [-0.25, -0.2) is 0 Å². The topological polar surface area (TPSA) is 46.5 Å². The fraction of sp³-hybridized carbons (Fsp3) is 0.375. The highest BCUT2D eigenvalue weighted by molar-refractivity contribution is 5.90. The van der Waals surface area contributed by atoms with Gasteiger partial charge in [-0.3, -0.25) is 4.79 Å². The predicted molar refractivity (Wildman–Crippen MR) is 110 cm³/mol. The monoisotopic (exact) mass is 364 g/mol. The first-order chi connectivity index (χ1) is 13.1. The van der Waals surface area contributed by atoms with Crippen LogP contribution in [0.4, 0.5) is 0 Å². The van der Waals surface area contributed by atoms with Crippen LogP contribution in [0, 0.1) is 5.41 Å². The van der Waals surface area contributed by atoms with Gasteiger partial charge in [-0.1, -0.05) is 74.9 Å². The molecule has 27 heavy (non-hydrogen) atoms. The first kappa shape index (κ1) is 19.4. The second kappa shape index (κ2) is 8.53. The van der Waals surface area contributed by atoms with E-state index in [1.165, 1.54) is 5.56 Å². The first-order valence-electron chi connectivity index (χ1n) is 9.69. The predicted octanol–water partition coefficient (Wildman–Crippen LogP) is 5.20. The van der Waals surface area contributed by atoms with Gasteiger partial charge in [0.05, 0.1) is 6.42 Å². The van der Waals surface area contributed by atoms with Crippen molar-refractivity contribution in [3.8, 4) is 0 Å². The minimum absolute atomic E-state index is 0.00594. The number of allylic oxidation sites excluding steroid dienone is 3. The van der Waals surface area contributed by atoms with Crippen molar-refractivity contribution in [1.29, 1.82) is 0 Å². The van der Waals surface area contributed by atoms with E-state index in [0.29, 0.717) is 0 Å². The molecule has 1 unspecified atom stereocenters. The molecule has 0 spiro atoms. The molecule has 0 aliphatic heterocycles. The fourth-order valence-corrected chi connectivity index (χ4v) is 3.84. The van der Waals surface area contributed by atoms with Crippen LogP contribution in [0.3, 0.4) is 0 Å². The minimum atomic E-state index is -0.411. The number of benzene rings is 2. The van der Waals surface area contributed by atoms with Crippen molar-refractivity contribution in [3.63, 3.8) is 0 Å². The van der Waals surface area contributed by atoms with E-state index in [1.807, 2.05) is 25.1 Å². The molecule has 0 heterocycles. The average molecular weight is 364 g/mol. The standard InChI is InChI=1S/C24H28O3/c1-3-13-24(2,17-25)15-23(26)27-16-22-20-11-6-4-5-9-18(20)14-19-10-7-8-12-21(19)22/h4-8,10-12,14,25H,3,9,13,15-17H2,1-2H3. The number of rotatable bonds is 7. The van der Waals surface area contributed by atoms with Gasteiger partial charge in [-0.2, -0.15) is 0 Å². The SMILES string of the molecule is CCCC(C)(CO)CC(=O)OCc1c2c(cc3ccccc13)CC=CC=C2. The zero-order chi connectivity index (χ0) is 19.3. The van der Waals surface area contributed by atoms with Gasteiger partial charge in [0.15, 0.2) is 0 Å². The number of aliphatic hydroxyl groups is 1. The summed E-state index contributed by atoms with van der Waals surface area (Å²) in [4.78, 5) is 12.5. The lowest BCUT2D eigenvalue weighted by atomic mass is 9.83. The van der Waals surface area contributed by atoms with E-state index < -0.39 is 5.41 Å². The van der Waals surface area contributed by atoms with Crippen LogP contribution < -0.4 is 0 Å². The number of ether oxygens (including phenoxy) is 1. The minimum Gasteiger partial charge on any atom is -0.461 e. The molecule has 1 N–H and O–H groups in total. The number of carbonyl (C=O) groups is 1. The molecule has 2 aromatic carbocycles. The second-order valence-electron chi connectivity index (χ2n) is 7.70. The summed E-state index contributed by atoms with van der Waals surface area (Å²) in [5.41, 5.74) is 3.03. The van der Waals surface area contributed by atoms with Gasteiger partial charge in [0.2, 0.25) is 0 Å². The number of hydrogen-bond acceptors (Lipinski definition) is 3. The zero-order valence-electron chi connectivity index (χ0n) is 16.2. The molecule has 0 radical (unpaired) electrons. The van der Waals surface area contributed by atoms with Crippen molar-refractivity contribution in [2.24, 2.45) is 5.41 Å². The van der Waals surface area contributed by atoms with Crippen LogP contribution in [0.2, 0.25) is 0 Å². The second-order valence-corrected chi connectivity index (χ2v) is 7.70. The molecular formula is C24H28O3. The summed E-state index contributed by atoms with van der Waals surface area (Å²) in [5.74, 6) is -0.252. The Bertz CT molecular complexity index is 879. The molecule has 2 aromatic rings. The van der Waals surface area contributed by atoms with Crippen molar-refractivity contribution in [2.75, 3.05) is 6.61 Å². The van der Waals surface area contributed by atoms with Crippen LogP contribution in [0.15, 0.2) is 48.6 Å². The van der Waals surface area contributed by atoms with E-state index in [9.17, 15) is 9.90 Å². The van der Waals surface area contributed by atoms with E-state index >= 15 is 0 Å². The van der Waals surface area contributed by atoms with E-state index in [0.717, 1.165) is 41.2 Å². The third-order valence-corrected chi connectivity index (χ3v) is 5.32. The molecule has 3 nitrogen and oxygen atoms in total. The summed E-state index contributed by atoms with van der Waals surface area (Å²) in [6.45, 7) is 4.25. The molecule has 0 bridgehead atoms. The van der Waals surface area contributed by atoms with E-state index in [2.05, 4.69) is 43.4 Å². The van der Waals surface area contributed by atoms with Crippen molar-refractivity contribution in [3.05, 3.63) is 65.3 Å². The fourth-order valence-electron chi connectivity index (χ4n) is 3.84. The van der Waals surface area contributed by atoms with Crippen molar-refractivity contribution in [1.82, 2.24) is 0 Å². The maximum Gasteiger partial charge on any atom is 0.306 e. The van der Waals surface area contributed by atoms with Gasteiger partial charge in [0.1, 0.15) is 6.61 Å². The summed E-state index contributed by atoms with van der Waals surface area (Å²) >= 11 is 0. The lowest BCUT2D eigenvalue weighted by molar-refractivity contribution is -0.148. The zero-order valence-corrected chi connectivity index (χ0v) is 16.2. The molecule has 142 valence electrons. The lowest BCUT2D eigenvalue weighted by Gasteiger charge is -2.25. The molecule has 1 aliphatic carbocycles. The highest BCUT2D eigenvalue weighted by atomic mass is 16.5. The average Bonchev–Trinajstić information content (AvgIpc) is 2.90. The third-order valence-electron chi connectivity index (χ3n) is 5.32. The number of esters is 1. The molecule has 0 saturated carbocycles. The van der Waals surface area contributed by atoms with Crippen LogP contribution in [0.5, 0.6) is 0 Å². The Balaban J connectivity index is 1.86. The van der Waals surface area contributed by atoms with Gasteiger partial charge in [0.25, 0.3) is 0 Å². The van der Waals surface area contributed by atoms with E-state index in [4.69, 9.17) is 4.74 Å². The molecule has 3 heteroatoms. The number of fused-ring (bicyclic) bond motifs is 2. The molecule has 1 aliphatic rings. The maximum absolute atomic E-state index is 12.5. The Hall–Kier alpha value is -2.39. The van der Waals surface area contributed by atoms with E-state index in [1.54, 1.807) is 0 Å². The maximum atomic E-state index is 12.5. The van der Waals surface area contributed by atoms with Crippen molar-refractivity contribution >= 4 is 22.8 Å². The van der Waals surface area contributed by atoms with Crippen LogP contribution in [-0.2, 0) is 22.6 Å². The van der Waals surface area contributed by atoms with Gasteiger partial charge in [-0.05, 0) is 34.7 Å². The lowest BCUT2D eigenvalue weighted by Crippen LogP contribution is -2.26. The highest BCUT2D eigenvalue weighted by Gasteiger charge is 2.27. The number of hydrogen-bond donors (Lipinski definition) is 1. The molecule has 0 amide bonds. The molecule has 0 saturated heterocycles. The largest absolute Gasteiger partial charge is 0.461 e. The summed E-state index contributed by atoms with van der Waals surface area (Å²) < 4.78 is 5.68. The smallest absolute Gasteiger partial charge is 0.306 e. The Morgan fingerprint density at radius 1 is 1.26 bits per heavy atom. The Morgan fingerprint density at radius 3 is 2.85 bits per heavy atom. The third kappa shape index (κ3) is 4.48. The molecule has 1 atom stereocenters. The number of carbonyl (C=O) groups excluding carboxylic acids is 1. The Labute approximate surface area is 161 Å². The van der Waals surface area contributed by atoms with Gasteiger partial charge in [-0.15, -0.1) is 0 Å². The summed E-state index contributed by atoms with van der Waals surface area (Å²) in [6, 6.07) is 10.5. The Morgan fingerprint density at radius 2 is 2.07 bits per heavy atom. The summed E-state index contributed by atoms with van der Waals surface area (Å²) in [6.07, 6.45) is 11.2. The van der Waals surface area contributed by atoms with Gasteiger partial charge >= 0.3 is 5.97 Å². The molecule has 0 aromatic heterocycles. The summed E-state index contributed by atoms with van der Waals surface area (Å²) in [7, 11) is 0. The van der Waals surface area contributed by atoms with Crippen LogP contribution >= 0.6 is 0 Å². The van der Waals surface area contributed by atoms with Crippen LogP contribution in [-0.4, -0.2) is 17.7 Å². The Kier molecular flexibility index (Phi) is 6.12. The first-order valence-corrected chi connectivity index (χ1v) is 9.69. The quantitative estimate of drug-likeness (QED) is 0.687. The van der Waals surface area contributed by atoms with Gasteiger partial charge in [0, 0.05) is 17.6 Å². The van der Waals surface area contributed by atoms with Gasteiger partial charge < -0.3 is 9.84 Å². The normalized spacial score (nSPS) is 15.2. The molecule has 3 rings (SSSR count). The number of aliphatic hydroxyl groups excluding tert-OH is 1. The van der Waals surface area contributed by atoms with Crippen LogP contribution in [0.25, 0.3) is 16.8 Å². The highest BCUT2D eigenvalue weighted by Crippen LogP contribution is 2.31.